The van der Waals surface area contributed by atoms with Gasteiger partial charge in [0.25, 0.3) is 0 Å². The highest BCUT2D eigenvalue weighted by Gasteiger charge is 2.40. The molecule has 0 saturated carbocycles. The van der Waals surface area contributed by atoms with Crippen LogP contribution in [0.5, 0.6) is 0 Å². The van der Waals surface area contributed by atoms with E-state index < -0.39 is 23.5 Å². The van der Waals surface area contributed by atoms with Gasteiger partial charge in [-0.15, -0.1) is 0 Å². The Bertz CT molecular complexity index is 863. The average Bonchev–Trinajstić information content (AvgIpc) is 3.02. The van der Waals surface area contributed by atoms with Crippen molar-refractivity contribution in [3.63, 3.8) is 0 Å². The van der Waals surface area contributed by atoms with Crippen LogP contribution < -0.4 is 0 Å². The molecule has 3 nitrogen and oxygen atoms in total. The minimum atomic E-state index is -4.87. The third-order valence-corrected chi connectivity index (χ3v) is 3.50. The molecule has 3 rings (SSSR count). The van der Waals surface area contributed by atoms with Crippen LogP contribution in [0.15, 0.2) is 65.1 Å². The summed E-state index contributed by atoms with van der Waals surface area (Å²) in [5.74, 6) is -3.32. The van der Waals surface area contributed by atoms with Crippen LogP contribution in [-0.2, 0) is 6.18 Å². The van der Waals surface area contributed by atoms with Crippen LogP contribution in [-0.4, -0.2) is 11.1 Å². The number of benzene rings is 2. The fraction of sp³-hybridized carbons (Fsp3) is 0.0556. The number of hydrogen-bond acceptors (Lipinski definition) is 2. The van der Waals surface area contributed by atoms with Crippen LogP contribution in [0.3, 0.4) is 0 Å². The highest BCUT2D eigenvalue weighted by Crippen LogP contribution is 2.37. The molecule has 24 heavy (non-hydrogen) atoms. The molecule has 0 radical (unpaired) electrons. The Kier molecular flexibility index (Phi) is 3.89. The van der Waals surface area contributed by atoms with Gasteiger partial charge in [-0.1, -0.05) is 54.6 Å². The van der Waals surface area contributed by atoms with Crippen molar-refractivity contribution in [1.29, 1.82) is 0 Å². The normalized spacial score (nSPS) is 11.5. The summed E-state index contributed by atoms with van der Waals surface area (Å²) in [6.07, 6.45) is -4.87. The number of hydrogen-bond donors (Lipinski definition) is 1. The Hall–Kier alpha value is -3.02. The highest BCUT2D eigenvalue weighted by molar-refractivity contribution is 5.90. The maximum Gasteiger partial charge on any atom is 0.450 e. The quantitative estimate of drug-likeness (QED) is 0.705. The maximum absolute atomic E-state index is 12.9. The van der Waals surface area contributed by atoms with E-state index in [-0.39, 0.29) is 5.76 Å². The van der Waals surface area contributed by atoms with Crippen molar-refractivity contribution < 1.29 is 27.5 Å². The van der Waals surface area contributed by atoms with E-state index in [2.05, 4.69) is 0 Å². The zero-order valence-electron chi connectivity index (χ0n) is 12.2. The molecule has 0 aliphatic rings. The van der Waals surface area contributed by atoms with Gasteiger partial charge in [0.2, 0.25) is 5.76 Å². The van der Waals surface area contributed by atoms with Crippen molar-refractivity contribution in [3.05, 3.63) is 72.0 Å². The molecule has 0 amide bonds. The molecule has 0 bridgehead atoms. The lowest BCUT2D eigenvalue weighted by Gasteiger charge is -2.04. The molecule has 0 spiro atoms. The van der Waals surface area contributed by atoms with Crippen molar-refractivity contribution in [2.75, 3.05) is 0 Å². The Morgan fingerprint density at radius 3 is 1.92 bits per heavy atom. The summed E-state index contributed by atoms with van der Waals surface area (Å²) in [5.41, 5.74) is 1.32. The molecular formula is C18H11F3O3. The van der Waals surface area contributed by atoms with E-state index in [1.54, 1.807) is 24.3 Å². The topological polar surface area (TPSA) is 50.4 Å². The number of furan rings is 1. The van der Waals surface area contributed by atoms with E-state index in [0.717, 1.165) is 17.2 Å². The molecule has 0 aliphatic carbocycles. The lowest BCUT2D eigenvalue weighted by atomic mass is 10.0. The van der Waals surface area contributed by atoms with Crippen molar-refractivity contribution in [2.24, 2.45) is 0 Å². The molecular weight excluding hydrogens is 321 g/mol. The number of halogens is 3. The largest absolute Gasteiger partial charge is 0.478 e. The average molecular weight is 332 g/mol. The van der Waals surface area contributed by atoms with Gasteiger partial charge in [0, 0.05) is 5.56 Å². The van der Waals surface area contributed by atoms with Crippen LogP contribution in [0.2, 0.25) is 0 Å². The minimum absolute atomic E-state index is 0.140. The standard InChI is InChI=1S/C18H11F3O3/c19-18(20,21)16-14(17(22)23)10-15(24-16)13-8-6-12(7-9-13)11-4-2-1-3-5-11/h1-10H,(H,22,23). The highest BCUT2D eigenvalue weighted by atomic mass is 19.4. The van der Waals surface area contributed by atoms with Gasteiger partial charge < -0.3 is 9.52 Å². The maximum atomic E-state index is 12.9. The molecule has 0 saturated heterocycles. The first-order chi connectivity index (χ1) is 11.4. The van der Waals surface area contributed by atoms with Gasteiger partial charge in [-0.05, 0) is 17.2 Å². The molecule has 1 heterocycles. The van der Waals surface area contributed by atoms with E-state index in [1.165, 1.54) is 0 Å². The number of rotatable bonds is 3. The molecule has 6 heteroatoms. The van der Waals surface area contributed by atoms with Crippen molar-refractivity contribution in [2.45, 2.75) is 6.18 Å². The number of carbonyl (C=O) groups is 1. The van der Waals surface area contributed by atoms with Gasteiger partial charge >= 0.3 is 12.1 Å². The third kappa shape index (κ3) is 3.03. The van der Waals surface area contributed by atoms with Crippen LogP contribution in [0, 0.1) is 0 Å². The number of carboxylic acid groups (broad SMARTS) is 1. The Balaban J connectivity index is 1.99. The fourth-order valence-electron chi connectivity index (χ4n) is 2.36. The van der Waals surface area contributed by atoms with Crippen LogP contribution >= 0.6 is 0 Å². The SMILES string of the molecule is O=C(O)c1cc(-c2ccc(-c3ccccc3)cc2)oc1C(F)(F)F. The van der Waals surface area contributed by atoms with Gasteiger partial charge in [0.1, 0.15) is 11.3 Å². The fourth-order valence-corrected chi connectivity index (χ4v) is 2.36. The Morgan fingerprint density at radius 2 is 1.42 bits per heavy atom. The van der Waals surface area contributed by atoms with Crippen LogP contribution in [0.25, 0.3) is 22.5 Å². The molecule has 2 aromatic carbocycles. The third-order valence-electron chi connectivity index (χ3n) is 3.50. The zero-order chi connectivity index (χ0) is 17.3. The predicted molar refractivity (Wildman–Crippen MR) is 81.5 cm³/mol. The molecule has 1 N–H and O–H groups in total. The van der Waals surface area contributed by atoms with Crippen molar-refractivity contribution >= 4 is 5.97 Å². The van der Waals surface area contributed by atoms with Crippen molar-refractivity contribution in [1.82, 2.24) is 0 Å². The molecule has 0 fully saturated rings. The van der Waals surface area contributed by atoms with E-state index in [9.17, 15) is 18.0 Å². The first-order valence-electron chi connectivity index (χ1n) is 6.96. The Morgan fingerprint density at radius 1 is 0.875 bits per heavy atom. The van der Waals surface area contributed by atoms with Gasteiger partial charge in [-0.3, -0.25) is 0 Å². The van der Waals surface area contributed by atoms with Crippen LogP contribution in [0.4, 0.5) is 13.2 Å². The lowest BCUT2D eigenvalue weighted by molar-refractivity contribution is -0.153. The summed E-state index contributed by atoms with van der Waals surface area (Å²) in [6.45, 7) is 0. The molecule has 1 aromatic heterocycles. The van der Waals surface area contributed by atoms with E-state index in [4.69, 9.17) is 9.52 Å². The predicted octanol–water partition coefficient (Wildman–Crippen LogP) is 5.33. The molecule has 122 valence electrons. The number of carboxylic acids is 1. The summed E-state index contributed by atoms with van der Waals surface area (Å²) in [7, 11) is 0. The van der Waals surface area contributed by atoms with E-state index in [0.29, 0.717) is 5.56 Å². The van der Waals surface area contributed by atoms with E-state index >= 15 is 0 Å². The van der Waals surface area contributed by atoms with Gasteiger partial charge in [0.05, 0.1) is 0 Å². The smallest absolute Gasteiger partial charge is 0.450 e. The molecule has 0 atom stereocenters. The summed E-state index contributed by atoms with van der Waals surface area (Å²) < 4.78 is 43.4. The van der Waals surface area contributed by atoms with Gasteiger partial charge in [-0.25, -0.2) is 4.79 Å². The van der Waals surface area contributed by atoms with E-state index in [1.807, 2.05) is 30.3 Å². The van der Waals surface area contributed by atoms with Gasteiger partial charge in [-0.2, -0.15) is 13.2 Å². The monoisotopic (exact) mass is 332 g/mol. The zero-order valence-corrected chi connectivity index (χ0v) is 12.2. The number of aromatic carboxylic acids is 1. The number of alkyl halides is 3. The summed E-state index contributed by atoms with van der Waals surface area (Å²) in [5, 5.41) is 8.92. The van der Waals surface area contributed by atoms with Crippen molar-refractivity contribution in [3.8, 4) is 22.5 Å². The second kappa shape index (κ2) is 5.88. The first-order valence-corrected chi connectivity index (χ1v) is 6.96. The van der Waals surface area contributed by atoms with Gasteiger partial charge in [0.15, 0.2) is 0 Å². The second-order valence-electron chi connectivity index (χ2n) is 5.10. The van der Waals surface area contributed by atoms with Crippen LogP contribution in [0.1, 0.15) is 16.1 Å². The minimum Gasteiger partial charge on any atom is -0.478 e. The lowest BCUT2D eigenvalue weighted by Crippen LogP contribution is -2.09. The summed E-state index contributed by atoms with van der Waals surface area (Å²) >= 11 is 0. The molecule has 3 aromatic rings. The first kappa shape index (κ1) is 15.9. The molecule has 0 unspecified atom stereocenters. The summed E-state index contributed by atoms with van der Waals surface area (Å²) in [6, 6.07) is 17.0. The molecule has 0 aliphatic heterocycles. The summed E-state index contributed by atoms with van der Waals surface area (Å²) in [4.78, 5) is 11.0. The second-order valence-corrected chi connectivity index (χ2v) is 5.10. The Labute approximate surface area is 135 Å².